The van der Waals surface area contributed by atoms with Gasteiger partial charge in [-0.25, -0.2) is 24.4 Å². The lowest BCUT2D eigenvalue weighted by molar-refractivity contribution is 0.182. The number of hydrogen-bond donors (Lipinski definition) is 4. The molecule has 0 saturated heterocycles. The average molecular weight is 427 g/mol. The van der Waals surface area contributed by atoms with E-state index in [1.54, 1.807) is 6.20 Å². The molecule has 0 radical (unpaired) electrons. The number of carbonyl (C=O) groups is 1. The molecule has 4 heterocycles. The number of H-pyrrole nitrogens is 1. The van der Waals surface area contributed by atoms with Crippen LogP contribution in [0.3, 0.4) is 0 Å². The molecule has 30 heavy (non-hydrogen) atoms. The summed E-state index contributed by atoms with van der Waals surface area (Å²) in [6.45, 7) is 0. The summed E-state index contributed by atoms with van der Waals surface area (Å²) in [5, 5.41) is 18.3. The Balaban J connectivity index is 1.59. The number of halogens is 1. The van der Waals surface area contributed by atoms with E-state index in [-0.39, 0.29) is 12.1 Å². The summed E-state index contributed by atoms with van der Waals surface area (Å²) >= 11 is 6.64. The van der Waals surface area contributed by atoms with Crippen LogP contribution in [0.1, 0.15) is 31.7 Å². The zero-order valence-corrected chi connectivity index (χ0v) is 16.6. The number of rotatable bonds is 3. The number of nitrogens with one attached hydrogen (secondary N) is 2. The van der Waals surface area contributed by atoms with Crippen molar-refractivity contribution in [1.82, 2.24) is 35.0 Å². The second kappa shape index (κ2) is 7.13. The molecule has 1 aliphatic carbocycles. The van der Waals surface area contributed by atoms with E-state index >= 15 is 0 Å². The lowest BCUT2D eigenvalue weighted by Gasteiger charge is -2.28. The molecule has 11 heteroatoms. The van der Waals surface area contributed by atoms with Gasteiger partial charge in [-0.1, -0.05) is 11.6 Å². The second-order valence-electron chi connectivity index (χ2n) is 7.42. The minimum absolute atomic E-state index is 0.0473. The molecule has 0 aliphatic heterocycles. The maximum Gasteiger partial charge on any atom is 0.404 e. The van der Waals surface area contributed by atoms with Gasteiger partial charge in [0.1, 0.15) is 23.5 Å². The number of fused-ring (bicyclic) bond motifs is 2. The summed E-state index contributed by atoms with van der Waals surface area (Å²) in [4.78, 5) is 27.1. The second-order valence-corrected chi connectivity index (χ2v) is 7.80. The third kappa shape index (κ3) is 3.00. The highest BCUT2D eigenvalue weighted by molar-refractivity contribution is 6.38. The standard InChI is InChI=1S/C19H19ClN8O2/c20-13-11-2-1-7-22-17(11)26-15(13)14-12-16(21)23-8-24-18(12)28(27-14)10-5-3-9(4-6-10)25-19(29)30/h1-2,7-10,25H,3-6H2,(H,22,26)(H,29,30)(H2,21,23,24)/t9-,10-. The van der Waals surface area contributed by atoms with Gasteiger partial charge in [0.15, 0.2) is 5.65 Å². The Labute approximate surface area is 175 Å². The zero-order valence-electron chi connectivity index (χ0n) is 15.8. The number of pyridine rings is 1. The number of hydrogen-bond acceptors (Lipinski definition) is 6. The van der Waals surface area contributed by atoms with Crippen molar-refractivity contribution in [3.05, 3.63) is 29.7 Å². The highest BCUT2D eigenvalue weighted by Crippen LogP contribution is 2.39. The van der Waals surface area contributed by atoms with Gasteiger partial charge in [0, 0.05) is 17.6 Å². The summed E-state index contributed by atoms with van der Waals surface area (Å²) in [5.74, 6) is 0.324. The van der Waals surface area contributed by atoms with Crippen molar-refractivity contribution in [1.29, 1.82) is 0 Å². The molecule has 10 nitrogen and oxygen atoms in total. The Bertz CT molecular complexity index is 1260. The fourth-order valence-corrected chi connectivity index (χ4v) is 4.51. The Morgan fingerprint density at radius 2 is 2.07 bits per heavy atom. The Hall–Kier alpha value is -3.40. The summed E-state index contributed by atoms with van der Waals surface area (Å²) in [5.41, 5.74) is 8.71. The van der Waals surface area contributed by atoms with E-state index in [2.05, 4.69) is 25.3 Å². The molecule has 0 spiro atoms. The third-order valence-electron chi connectivity index (χ3n) is 5.63. The van der Waals surface area contributed by atoms with Crippen molar-refractivity contribution in [2.75, 3.05) is 5.73 Å². The average Bonchev–Trinajstić information content (AvgIpc) is 3.28. The molecule has 1 amide bonds. The van der Waals surface area contributed by atoms with Gasteiger partial charge in [0.05, 0.1) is 22.1 Å². The van der Waals surface area contributed by atoms with Crippen LogP contribution in [0, 0.1) is 0 Å². The Morgan fingerprint density at radius 1 is 1.27 bits per heavy atom. The first kappa shape index (κ1) is 18.6. The fraction of sp³-hybridized carbons (Fsp3) is 0.316. The molecular weight excluding hydrogens is 408 g/mol. The molecular formula is C19H19ClN8O2. The first-order chi connectivity index (χ1) is 14.5. The molecule has 1 fully saturated rings. The molecule has 154 valence electrons. The quantitative estimate of drug-likeness (QED) is 0.392. The van der Waals surface area contributed by atoms with E-state index < -0.39 is 6.09 Å². The smallest absolute Gasteiger partial charge is 0.404 e. The van der Waals surface area contributed by atoms with E-state index in [1.165, 1.54) is 6.33 Å². The van der Waals surface area contributed by atoms with Crippen molar-refractivity contribution in [2.45, 2.75) is 37.8 Å². The number of nitrogens with two attached hydrogens (primary N) is 1. The summed E-state index contributed by atoms with van der Waals surface area (Å²) in [6.07, 6.45) is 5.12. The predicted molar refractivity (Wildman–Crippen MR) is 112 cm³/mol. The SMILES string of the molecule is Nc1ncnc2c1c(-c1[nH]c3ncccc3c1Cl)nn2[C@H]1CC[C@H](NC(=O)O)CC1. The molecule has 1 aliphatic rings. The van der Waals surface area contributed by atoms with Gasteiger partial charge in [0.25, 0.3) is 0 Å². The van der Waals surface area contributed by atoms with E-state index in [4.69, 9.17) is 27.5 Å². The largest absolute Gasteiger partial charge is 0.465 e. The first-order valence-corrected chi connectivity index (χ1v) is 10.0. The number of aromatic nitrogens is 6. The fourth-order valence-electron chi connectivity index (χ4n) is 4.22. The maximum absolute atomic E-state index is 10.9. The molecule has 4 aromatic rings. The molecule has 5 N–H and O–H groups in total. The van der Waals surface area contributed by atoms with Crippen LogP contribution in [0.25, 0.3) is 33.5 Å². The van der Waals surface area contributed by atoms with Gasteiger partial charge < -0.3 is 21.1 Å². The molecule has 1 saturated carbocycles. The van der Waals surface area contributed by atoms with Crippen LogP contribution in [0.15, 0.2) is 24.7 Å². The van der Waals surface area contributed by atoms with Gasteiger partial charge >= 0.3 is 6.09 Å². The van der Waals surface area contributed by atoms with Gasteiger partial charge in [-0.15, -0.1) is 0 Å². The molecule has 4 aromatic heterocycles. The van der Waals surface area contributed by atoms with Crippen LogP contribution < -0.4 is 11.1 Å². The van der Waals surface area contributed by atoms with Crippen molar-refractivity contribution >= 4 is 45.6 Å². The maximum atomic E-state index is 10.9. The van der Waals surface area contributed by atoms with Crippen LogP contribution >= 0.6 is 11.6 Å². The lowest BCUT2D eigenvalue weighted by atomic mass is 9.91. The summed E-state index contributed by atoms with van der Waals surface area (Å²) in [7, 11) is 0. The van der Waals surface area contributed by atoms with Crippen LogP contribution in [0.2, 0.25) is 5.02 Å². The normalized spacial score (nSPS) is 19.4. The number of aromatic amines is 1. The van der Waals surface area contributed by atoms with Crippen LogP contribution in [-0.4, -0.2) is 47.0 Å². The van der Waals surface area contributed by atoms with E-state index in [9.17, 15) is 4.79 Å². The van der Waals surface area contributed by atoms with E-state index in [0.29, 0.717) is 38.9 Å². The molecule has 0 unspecified atom stereocenters. The van der Waals surface area contributed by atoms with Crippen LogP contribution in [-0.2, 0) is 0 Å². The Kier molecular flexibility index (Phi) is 4.43. The van der Waals surface area contributed by atoms with Gasteiger partial charge in [-0.3, -0.25) is 0 Å². The molecule has 0 bridgehead atoms. The predicted octanol–water partition coefficient (Wildman–Crippen LogP) is 3.36. The zero-order chi connectivity index (χ0) is 20.8. The van der Waals surface area contributed by atoms with Crippen molar-refractivity contribution in [3.63, 3.8) is 0 Å². The van der Waals surface area contributed by atoms with Crippen molar-refractivity contribution < 1.29 is 9.90 Å². The van der Waals surface area contributed by atoms with Crippen molar-refractivity contribution in [3.8, 4) is 11.4 Å². The highest BCUT2D eigenvalue weighted by atomic mass is 35.5. The first-order valence-electron chi connectivity index (χ1n) is 9.63. The minimum Gasteiger partial charge on any atom is -0.465 e. The van der Waals surface area contributed by atoms with E-state index in [1.807, 2.05) is 16.8 Å². The van der Waals surface area contributed by atoms with Crippen LogP contribution in [0.5, 0.6) is 0 Å². The van der Waals surface area contributed by atoms with Gasteiger partial charge in [-0.05, 0) is 37.8 Å². The van der Waals surface area contributed by atoms with Crippen molar-refractivity contribution in [2.24, 2.45) is 0 Å². The number of nitrogen functional groups attached to an aromatic ring is 1. The summed E-state index contributed by atoms with van der Waals surface area (Å²) in [6, 6.07) is 3.74. The van der Waals surface area contributed by atoms with Gasteiger partial charge in [-0.2, -0.15) is 5.10 Å². The van der Waals surface area contributed by atoms with Gasteiger partial charge in [0.2, 0.25) is 0 Å². The third-order valence-corrected chi connectivity index (χ3v) is 6.02. The Morgan fingerprint density at radius 3 is 2.80 bits per heavy atom. The number of anilines is 1. The molecule has 5 rings (SSSR count). The number of nitrogens with zero attached hydrogens (tertiary/aromatic N) is 5. The number of carboxylic acid groups (broad SMARTS) is 1. The topological polar surface area (TPSA) is 148 Å². The summed E-state index contributed by atoms with van der Waals surface area (Å²) < 4.78 is 1.87. The molecule has 0 atom stereocenters. The monoisotopic (exact) mass is 426 g/mol. The molecule has 0 aromatic carbocycles. The lowest BCUT2D eigenvalue weighted by Crippen LogP contribution is -2.37. The minimum atomic E-state index is -0.993. The number of amides is 1. The van der Waals surface area contributed by atoms with Crippen LogP contribution in [0.4, 0.5) is 10.6 Å². The van der Waals surface area contributed by atoms with E-state index in [0.717, 1.165) is 31.1 Å². The highest BCUT2D eigenvalue weighted by Gasteiger charge is 2.28.